The minimum Gasteiger partial charge on any atom is -0.468 e. The first-order valence-corrected chi connectivity index (χ1v) is 7.51. The molecule has 0 spiro atoms. The van der Waals surface area contributed by atoms with E-state index in [4.69, 9.17) is 4.74 Å². The molecule has 1 aromatic rings. The van der Waals surface area contributed by atoms with Gasteiger partial charge in [0.1, 0.15) is 5.41 Å². The predicted octanol–water partition coefficient (Wildman–Crippen LogP) is 3.44. The number of methoxy groups -OCH3 is 1. The Morgan fingerprint density at radius 1 is 1.24 bits per heavy atom. The molecule has 3 nitrogen and oxygen atoms in total. The second-order valence-electron chi connectivity index (χ2n) is 6.97. The van der Waals surface area contributed by atoms with E-state index in [2.05, 4.69) is 32.9 Å². The van der Waals surface area contributed by atoms with Crippen LogP contribution in [0.3, 0.4) is 0 Å². The van der Waals surface area contributed by atoms with Gasteiger partial charge in [0.05, 0.1) is 7.11 Å². The van der Waals surface area contributed by atoms with Gasteiger partial charge >= 0.3 is 5.97 Å². The first kappa shape index (κ1) is 15.7. The smallest absolute Gasteiger partial charge is 0.319 e. The van der Waals surface area contributed by atoms with Crippen LogP contribution in [0.5, 0.6) is 0 Å². The maximum Gasteiger partial charge on any atom is 0.319 e. The fraction of sp³-hybridized carbons (Fsp3) is 0.556. The second kappa shape index (κ2) is 5.63. The molecule has 1 aliphatic carbocycles. The van der Waals surface area contributed by atoms with Crippen molar-refractivity contribution in [1.82, 2.24) is 0 Å². The summed E-state index contributed by atoms with van der Waals surface area (Å²) in [6.45, 7) is 6.50. The van der Waals surface area contributed by atoms with E-state index >= 15 is 0 Å². The minimum absolute atomic E-state index is 0.0225. The molecule has 1 aromatic carbocycles. The van der Waals surface area contributed by atoms with E-state index in [1.807, 2.05) is 12.1 Å². The van der Waals surface area contributed by atoms with Crippen LogP contribution in [0.25, 0.3) is 0 Å². The Balaban J connectivity index is 2.26. The molecule has 1 aliphatic rings. The van der Waals surface area contributed by atoms with Crippen molar-refractivity contribution in [2.75, 3.05) is 7.11 Å². The van der Waals surface area contributed by atoms with E-state index in [-0.39, 0.29) is 17.2 Å². The van der Waals surface area contributed by atoms with Crippen molar-refractivity contribution in [2.24, 2.45) is 5.41 Å². The third-order valence-corrected chi connectivity index (χ3v) is 4.44. The van der Waals surface area contributed by atoms with Gasteiger partial charge in [-0.15, -0.1) is 0 Å². The highest BCUT2D eigenvalue weighted by molar-refractivity contribution is 6.05. The van der Waals surface area contributed by atoms with Crippen molar-refractivity contribution in [3.8, 4) is 0 Å². The van der Waals surface area contributed by atoms with Crippen molar-refractivity contribution >= 4 is 11.8 Å². The van der Waals surface area contributed by atoms with Gasteiger partial charge in [0.15, 0.2) is 5.78 Å². The number of hydrogen-bond acceptors (Lipinski definition) is 3. The van der Waals surface area contributed by atoms with Crippen LogP contribution < -0.4 is 0 Å². The third kappa shape index (κ3) is 3.02. The maximum atomic E-state index is 12.2. The number of Topliss-reactive ketones (excluding diaryl/α,β-unsaturated/α-hetero) is 1. The first-order chi connectivity index (χ1) is 9.79. The molecule has 1 fully saturated rings. The van der Waals surface area contributed by atoms with Gasteiger partial charge in [0.2, 0.25) is 0 Å². The molecule has 0 bridgehead atoms. The molecule has 0 N–H and O–H groups in total. The minimum atomic E-state index is -0.960. The number of hydrogen-bond donors (Lipinski definition) is 0. The molecule has 3 heteroatoms. The molecular formula is C18H24O3. The highest BCUT2D eigenvalue weighted by Gasteiger charge is 2.49. The van der Waals surface area contributed by atoms with Crippen LogP contribution in [-0.4, -0.2) is 18.9 Å². The lowest BCUT2D eigenvalue weighted by molar-refractivity contribution is -0.156. The fourth-order valence-corrected chi connectivity index (χ4v) is 3.07. The molecule has 0 aliphatic heterocycles. The zero-order valence-electron chi connectivity index (χ0n) is 13.4. The summed E-state index contributed by atoms with van der Waals surface area (Å²) in [7, 11) is 1.36. The van der Waals surface area contributed by atoms with E-state index < -0.39 is 5.41 Å². The third-order valence-electron chi connectivity index (χ3n) is 4.44. The molecule has 0 saturated heterocycles. The quantitative estimate of drug-likeness (QED) is 0.632. The van der Waals surface area contributed by atoms with Crippen LogP contribution in [0, 0.1) is 5.41 Å². The highest BCUT2D eigenvalue weighted by Crippen LogP contribution is 2.39. The van der Waals surface area contributed by atoms with Gasteiger partial charge in [0, 0.05) is 6.42 Å². The SMILES string of the molecule is COC(=O)C1(Cc2ccc(C(C)(C)C)cc2)CCCC1=O. The molecule has 0 aromatic heterocycles. The standard InChI is InChI=1S/C18H24O3/c1-17(2,3)14-9-7-13(8-10-14)12-18(16(20)21-4)11-5-6-15(18)19/h7-10H,5-6,11-12H2,1-4H3. The first-order valence-electron chi connectivity index (χ1n) is 7.51. The lowest BCUT2D eigenvalue weighted by atomic mass is 9.78. The van der Waals surface area contributed by atoms with Crippen molar-refractivity contribution in [1.29, 1.82) is 0 Å². The molecule has 21 heavy (non-hydrogen) atoms. The van der Waals surface area contributed by atoms with Gasteiger partial charge < -0.3 is 4.74 Å². The van der Waals surface area contributed by atoms with Crippen molar-refractivity contribution in [3.63, 3.8) is 0 Å². The van der Waals surface area contributed by atoms with Crippen LogP contribution in [0.1, 0.15) is 51.2 Å². The van der Waals surface area contributed by atoms with Gasteiger partial charge in [-0.05, 0) is 35.8 Å². The van der Waals surface area contributed by atoms with Crippen LogP contribution in [0.4, 0.5) is 0 Å². The average molecular weight is 288 g/mol. The predicted molar refractivity (Wildman–Crippen MR) is 82.2 cm³/mol. The maximum absolute atomic E-state index is 12.2. The number of carbonyl (C=O) groups excluding carboxylic acids is 2. The Morgan fingerprint density at radius 2 is 1.86 bits per heavy atom. The van der Waals surface area contributed by atoms with E-state index in [0.29, 0.717) is 19.3 Å². The summed E-state index contributed by atoms with van der Waals surface area (Å²) in [5, 5.41) is 0. The number of benzene rings is 1. The molecule has 1 saturated carbocycles. The molecule has 1 unspecified atom stereocenters. The van der Waals surface area contributed by atoms with Gasteiger partial charge in [-0.1, -0.05) is 45.0 Å². The molecule has 0 heterocycles. The topological polar surface area (TPSA) is 43.4 Å². The summed E-state index contributed by atoms with van der Waals surface area (Å²) in [5.41, 5.74) is 1.40. The number of carbonyl (C=O) groups is 2. The van der Waals surface area contributed by atoms with Crippen LogP contribution in [-0.2, 0) is 26.2 Å². The lowest BCUT2D eigenvalue weighted by Crippen LogP contribution is -2.38. The van der Waals surface area contributed by atoms with Crippen molar-refractivity contribution in [3.05, 3.63) is 35.4 Å². The van der Waals surface area contributed by atoms with Gasteiger partial charge in [-0.2, -0.15) is 0 Å². The zero-order valence-corrected chi connectivity index (χ0v) is 13.4. The molecule has 2 rings (SSSR count). The molecular weight excluding hydrogens is 264 g/mol. The molecule has 114 valence electrons. The Labute approximate surface area is 126 Å². The van der Waals surface area contributed by atoms with Crippen LogP contribution in [0.2, 0.25) is 0 Å². The van der Waals surface area contributed by atoms with Crippen LogP contribution in [0.15, 0.2) is 24.3 Å². The number of rotatable bonds is 3. The molecule has 0 radical (unpaired) electrons. The Hall–Kier alpha value is -1.64. The second-order valence-corrected chi connectivity index (χ2v) is 6.97. The summed E-state index contributed by atoms with van der Waals surface area (Å²) in [4.78, 5) is 24.4. The van der Waals surface area contributed by atoms with Gasteiger partial charge in [-0.25, -0.2) is 0 Å². The zero-order chi connectivity index (χ0) is 15.7. The number of ether oxygens (including phenoxy) is 1. The fourth-order valence-electron chi connectivity index (χ4n) is 3.07. The number of ketones is 1. The van der Waals surface area contributed by atoms with Crippen molar-refractivity contribution < 1.29 is 14.3 Å². The Bertz CT molecular complexity index is 537. The number of esters is 1. The van der Waals surface area contributed by atoms with Crippen molar-refractivity contribution in [2.45, 2.75) is 51.9 Å². The van der Waals surface area contributed by atoms with Gasteiger partial charge in [-0.3, -0.25) is 9.59 Å². The summed E-state index contributed by atoms with van der Waals surface area (Å²) in [6, 6.07) is 8.22. The monoisotopic (exact) mass is 288 g/mol. The summed E-state index contributed by atoms with van der Waals surface area (Å²) < 4.78 is 4.90. The Morgan fingerprint density at radius 3 is 2.29 bits per heavy atom. The summed E-state index contributed by atoms with van der Waals surface area (Å²) in [6.07, 6.45) is 2.30. The van der Waals surface area contributed by atoms with E-state index in [0.717, 1.165) is 12.0 Å². The highest BCUT2D eigenvalue weighted by atomic mass is 16.5. The Kier molecular flexibility index (Phi) is 4.22. The van der Waals surface area contributed by atoms with E-state index in [1.165, 1.54) is 12.7 Å². The summed E-state index contributed by atoms with van der Waals surface area (Å²) >= 11 is 0. The average Bonchev–Trinajstić information content (AvgIpc) is 2.80. The molecule has 1 atom stereocenters. The van der Waals surface area contributed by atoms with Crippen LogP contribution >= 0.6 is 0 Å². The van der Waals surface area contributed by atoms with E-state index in [9.17, 15) is 9.59 Å². The largest absolute Gasteiger partial charge is 0.468 e. The lowest BCUT2D eigenvalue weighted by Gasteiger charge is -2.25. The normalized spacial score (nSPS) is 22.4. The van der Waals surface area contributed by atoms with Gasteiger partial charge in [0.25, 0.3) is 0 Å². The van der Waals surface area contributed by atoms with E-state index in [1.54, 1.807) is 0 Å². The molecule has 0 amide bonds. The summed E-state index contributed by atoms with van der Waals surface area (Å²) in [5.74, 6) is -0.362.